The van der Waals surface area contributed by atoms with Gasteiger partial charge in [-0.25, -0.2) is 4.39 Å². The summed E-state index contributed by atoms with van der Waals surface area (Å²) in [4.78, 5) is 41.6. The molecule has 3 aliphatic rings. The Labute approximate surface area is 189 Å². The summed E-state index contributed by atoms with van der Waals surface area (Å²) in [6, 6.07) is 9.99. The standard InChI is InChI=1S/C24H24FN3O5/c1-33-10-2-9-28-21(30)19-18(11-13-3-6-15(29)7-4-13)27-24(20(19)22(28)31)16-12-14(25)5-8-17(16)26-23(24)32/h3-8,12,18-20,27,29H,2,9-11H2,1H3,(H,26,32)/t18?,19-,20+,24?/m1/s1. The molecular formula is C24H24FN3O5. The van der Waals surface area contributed by atoms with Crippen molar-refractivity contribution in [1.29, 1.82) is 0 Å². The topological polar surface area (TPSA) is 108 Å². The van der Waals surface area contributed by atoms with Crippen LogP contribution in [0.5, 0.6) is 5.75 Å². The first kappa shape index (κ1) is 21.5. The molecule has 4 atom stereocenters. The van der Waals surface area contributed by atoms with Crippen LogP contribution in [0.15, 0.2) is 42.5 Å². The van der Waals surface area contributed by atoms with Gasteiger partial charge in [-0.3, -0.25) is 24.6 Å². The van der Waals surface area contributed by atoms with Gasteiger partial charge >= 0.3 is 0 Å². The maximum Gasteiger partial charge on any atom is 0.250 e. The number of carbonyl (C=O) groups excluding carboxylic acids is 3. The third kappa shape index (κ3) is 3.22. The quantitative estimate of drug-likeness (QED) is 0.452. The fourth-order valence-corrected chi connectivity index (χ4v) is 5.48. The van der Waals surface area contributed by atoms with E-state index in [0.29, 0.717) is 30.7 Å². The number of rotatable bonds is 6. The second kappa shape index (κ2) is 7.93. The van der Waals surface area contributed by atoms with Crippen LogP contribution < -0.4 is 10.6 Å². The number of imide groups is 1. The molecule has 5 rings (SSSR count). The molecule has 2 fully saturated rings. The van der Waals surface area contributed by atoms with Gasteiger partial charge in [0.2, 0.25) is 17.7 Å². The number of nitrogens with one attached hydrogen (secondary N) is 2. The number of hydrogen-bond donors (Lipinski definition) is 3. The molecule has 0 aliphatic carbocycles. The molecule has 8 nitrogen and oxygen atoms in total. The zero-order chi connectivity index (χ0) is 23.3. The highest BCUT2D eigenvalue weighted by atomic mass is 19.1. The van der Waals surface area contributed by atoms with Gasteiger partial charge in [0.15, 0.2) is 0 Å². The third-order valence-electron chi connectivity index (χ3n) is 6.89. The Morgan fingerprint density at radius 3 is 2.61 bits per heavy atom. The zero-order valence-electron chi connectivity index (χ0n) is 18.0. The Hall–Kier alpha value is -3.30. The van der Waals surface area contributed by atoms with Gasteiger partial charge in [-0.05, 0) is 48.7 Å². The van der Waals surface area contributed by atoms with Gasteiger partial charge in [-0.15, -0.1) is 0 Å². The van der Waals surface area contributed by atoms with Crippen molar-refractivity contribution in [1.82, 2.24) is 10.2 Å². The van der Waals surface area contributed by atoms with Crippen molar-refractivity contribution >= 4 is 23.4 Å². The van der Waals surface area contributed by atoms with Crippen molar-refractivity contribution in [3.8, 4) is 5.75 Å². The van der Waals surface area contributed by atoms with Crippen LogP contribution in [-0.2, 0) is 31.1 Å². The molecule has 0 bridgehead atoms. The second-order valence-electron chi connectivity index (χ2n) is 8.75. The largest absolute Gasteiger partial charge is 0.508 e. The van der Waals surface area contributed by atoms with Gasteiger partial charge in [-0.2, -0.15) is 0 Å². The Balaban J connectivity index is 1.58. The Kier molecular flexibility index (Phi) is 5.18. The monoisotopic (exact) mass is 453 g/mol. The number of anilines is 1. The SMILES string of the molecule is COCCCN1C(=O)[C@@H]2C(Cc3ccc(O)cc3)NC3(C(=O)Nc4ccc(F)cc43)[C@@H]2C1=O. The summed E-state index contributed by atoms with van der Waals surface area (Å²) in [5.41, 5.74) is 0.0653. The fourth-order valence-electron chi connectivity index (χ4n) is 5.48. The smallest absolute Gasteiger partial charge is 0.250 e. The van der Waals surface area contributed by atoms with Gasteiger partial charge < -0.3 is 15.2 Å². The number of ether oxygens (including phenoxy) is 1. The minimum Gasteiger partial charge on any atom is -0.508 e. The number of phenols is 1. The summed E-state index contributed by atoms with van der Waals surface area (Å²) in [6.45, 7) is 0.583. The average molecular weight is 453 g/mol. The Bertz CT molecular complexity index is 1140. The van der Waals surface area contributed by atoms with Crippen LogP contribution in [-0.4, -0.2) is 54.0 Å². The van der Waals surface area contributed by atoms with Crippen LogP contribution in [0.4, 0.5) is 10.1 Å². The minimum absolute atomic E-state index is 0.114. The van der Waals surface area contributed by atoms with Crippen molar-refractivity contribution in [3.05, 3.63) is 59.4 Å². The van der Waals surface area contributed by atoms with E-state index < -0.39 is 41.0 Å². The molecule has 0 saturated carbocycles. The van der Waals surface area contributed by atoms with Gasteiger partial charge in [0.25, 0.3) is 0 Å². The molecule has 33 heavy (non-hydrogen) atoms. The number of carbonyl (C=O) groups is 3. The highest BCUT2D eigenvalue weighted by molar-refractivity contribution is 6.15. The first-order valence-electron chi connectivity index (χ1n) is 10.9. The van der Waals surface area contributed by atoms with E-state index in [1.165, 1.54) is 23.1 Å². The summed E-state index contributed by atoms with van der Waals surface area (Å²) in [7, 11) is 1.54. The van der Waals surface area contributed by atoms with Crippen molar-refractivity contribution in [2.75, 3.05) is 25.6 Å². The summed E-state index contributed by atoms with van der Waals surface area (Å²) < 4.78 is 19.3. The number of nitrogens with zero attached hydrogens (tertiary/aromatic N) is 1. The molecule has 172 valence electrons. The summed E-state index contributed by atoms with van der Waals surface area (Å²) in [5, 5.41) is 15.6. The van der Waals surface area contributed by atoms with E-state index in [1.807, 2.05) is 0 Å². The van der Waals surface area contributed by atoms with Crippen molar-refractivity contribution in [2.45, 2.75) is 24.4 Å². The van der Waals surface area contributed by atoms with E-state index in [-0.39, 0.29) is 18.2 Å². The molecule has 2 aromatic rings. The lowest BCUT2D eigenvalue weighted by molar-refractivity contribution is -0.143. The predicted molar refractivity (Wildman–Crippen MR) is 116 cm³/mol. The van der Waals surface area contributed by atoms with E-state index in [9.17, 15) is 23.9 Å². The van der Waals surface area contributed by atoms with Crippen molar-refractivity contribution in [3.63, 3.8) is 0 Å². The lowest BCUT2D eigenvalue weighted by atomic mass is 9.76. The molecule has 2 saturated heterocycles. The van der Waals surface area contributed by atoms with Gasteiger partial charge in [0, 0.05) is 37.6 Å². The highest BCUT2D eigenvalue weighted by Crippen LogP contribution is 2.53. The normalized spacial score (nSPS) is 27.9. The highest BCUT2D eigenvalue weighted by Gasteiger charge is 2.70. The maximum absolute atomic E-state index is 14.2. The number of halogens is 1. The first-order valence-corrected chi connectivity index (χ1v) is 10.9. The number of amides is 3. The number of methoxy groups -OCH3 is 1. The maximum atomic E-state index is 14.2. The van der Waals surface area contributed by atoms with E-state index in [1.54, 1.807) is 31.4 Å². The number of aromatic hydroxyl groups is 1. The molecule has 3 heterocycles. The molecule has 3 amide bonds. The lowest BCUT2D eigenvalue weighted by Crippen LogP contribution is -2.53. The van der Waals surface area contributed by atoms with Crippen LogP contribution in [0, 0.1) is 17.7 Å². The molecule has 3 N–H and O–H groups in total. The van der Waals surface area contributed by atoms with E-state index >= 15 is 0 Å². The number of phenolic OH excluding ortho intramolecular Hbond substituents is 1. The predicted octanol–water partition coefficient (Wildman–Crippen LogP) is 1.53. The van der Waals surface area contributed by atoms with Crippen LogP contribution >= 0.6 is 0 Å². The molecule has 0 aromatic heterocycles. The zero-order valence-corrected chi connectivity index (χ0v) is 18.0. The van der Waals surface area contributed by atoms with E-state index in [2.05, 4.69) is 10.6 Å². The summed E-state index contributed by atoms with van der Waals surface area (Å²) >= 11 is 0. The summed E-state index contributed by atoms with van der Waals surface area (Å²) in [6.07, 6.45) is 0.833. The first-order chi connectivity index (χ1) is 15.9. The molecule has 2 aromatic carbocycles. The molecular weight excluding hydrogens is 429 g/mol. The number of fused-ring (bicyclic) bond motifs is 4. The Morgan fingerprint density at radius 1 is 1.12 bits per heavy atom. The summed E-state index contributed by atoms with van der Waals surface area (Å²) in [5.74, 6) is -3.43. The average Bonchev–Trinajstić information content (AvgIpc) is 3.36. The molecule has 1 spiro atoms. The minimum atomic E-state index is -1.54. The number of likely N-dealkylation sites (tertiary alicyclic amines) is 1. The Morgan fingerprint density at radius 2 is 1.88 bits per heavy atom. The third-order valence-corrected chi connectivity index (χ3v) is 6.89. The van der Waals surface area contributed by atoms with Crippen LogP contribution in [0.2, 0.25) is 0 Å². The molecule has 9 heteroatoms. The second-order valence-corrected chi connectivity index (χ2v) is 8.75. The molecule has 2 unspecified atom stereocenters. The number of hydrogen-bond acceptors (Lipinski definition) is 6. The van der Waals surface area contributed by atoms with E-state index in [4.69, 9.17) is 4.74 Å². The molecule has 3 aliphatic heterocycles. The van der Waals surface area contributed by atoms with Crippen molar-refractivity contribution < 1.29 is 28.6 Å². The number of benzene rings is 2. The van der Waals surface area contributed by atoms with Crippen LogP contribution in [0.3, 0.4) is 0 Å². The van der Waals surface area contributed by atoms with Crippen LogP contribution in [0.25, 0.3) is 0 Å². The lowest BCUT2D eigenvalue weighted by Gasteiger charge is -2.29. The van der Waals surface area contributed by atoms with Crippen LogP contribution in [0.1, 0.15) is 17.5 Å². The molecule has 0 radical (unpaired) electrons. The van der Waals surface area contributed by atoms with Crippen molar-refractivity contribution in [2.24, 2.45) is 11.8 Å². The van der Waals surface area contributed by atoms with E-state index in [0.717, 1.165) is 5.56 Å². The van der Waals surface area contributed by atoms with Gasteiger partial charge in [-0.1, -0.05) is 12.1 Å². The fraction of sp³-hybridized carbons (Fsp3) is 0.375. The van der Waals surface area contributed by atoms with Gasteiger partial charge in [0.1, 0.15) is 17.1 Å². The van der Waals surface area contributed by atoms with Gasteiger partial charge in [0.05, 0.1) is 11.8 Å².